The molecule has 1 aromatic carbocycles. The van der Waals surface area contributed by atoms with Crippen LogP contribution in [0.15, 0.2) is 27.7 Å². The van der Waals surface area contributed by atoms with Crippen LogP contribution in [-0.2, 0) is 10.3 Å². The van der Waals surface area contributed by atoms with Gasteiger partial charge in [0, 0.05) is 13.1 Å². The van der Waals surface area contributed by atoms with E-state index in [1.54, 1.807) is 6.08 Å². The van der Waals surface area contributed by atoms with Gasteiger partial charge in [0.1, 0.15) is 11.9 Å². The minimum Gasteiger partial charge on any atom is -0.487 e. The zero-order valence-corrected chi connectivity index (χ0v) is 13.0. The normalized spacial score (nSPS) is 21.5. The maximum absolute atomic E-state index is 10.6. The van der Waals surface area contributed by atoms with Crippen molar-refractivity contribution in [3.05, 3.63) is 28.2 Å². The molecule has 1 aliphatic heterocycles. The highest BCUT2D eigenvalue weighted by Crippen LogP contribution is 2.46. The lowest BCUT2D eigenvalue weighted by Gasteiger charge is -2.38. The fraction of sp³-hybridized carbons (Fsp3) is 0.533. The van der Waals surface area contributed by atoms with Gasteiger partial charge in [0.2, 0.25) is 6.08 Å². The van der Waals surface area contributed by atoms with Crippen molar-refractivity contribution in [2.24, 2.45) is 4.99 Å². The van der Waals surface area contributed by atoms with Crippen LogP contribution in [0.2, 0.25) is 0 Å². The first-order valence-corrected chi connectivity index (χ1v) is 7.66. The SMILES string of the molecule is CN1CC(Oc2ccc(C3(N=C=O)CCC3)cc2Br)C1. The average molecular weight is 337 g/mol. The summed E-state index contributed by atoms with van der Waals surface area (Å²) >= 11 is 3.56. The lowest BCUT2D eigenvalue weighted by atomic mass is 9.72. The third-order valence-electron chi connectivity index (χ3n) is 4.23. The maximum Gasteiger partial charge on any atom is 0.235 e. The first kappa shape index (κ1) is 13.8. The Morgan fingerprint density at radius 3 is 2.70 bits per heavy atom. The van der Waals surface area contributed by atoms with E-state index >= 15 is 0 Å². The van der Waals surface area contributed by atoms with E-state index in [4.69, 9.17) is 4.74 Å². The summed E-state index contributed by atoms with van der Waals surface area (Å²) in [6.45, 7) is 1.93. The van der Waals surface area contributed by atoms with E-state index in [0.29, 0.717) is 0 Å². The summed E-state index contributed by atoms with van der Waals surface area (Å²) < 4.78 is 6.86. The molecule has 0 amide bonds. The number of hydrogen-bond donors (Lipinski definition) is 0. The van der Waals surface area contributed by atoms with Gasteiger partial charge in [-0.1, -0.05) is 6.07 Å². The fourth-order valence-corrected chi connectivity index (χ4v) is 3.32. The van der Waals surface area contributed by atoms with Crippen LogP contribution in [-0.4, -0.2) is 37.2 Å². The number of isocyanates is 1. The van der Waals surface area contributed by atoms with Gasteiger partial charge < -0.3 is 4.74 Å². The molecule has 0 unspecified atom stereocenters. The molecule has 0 aromatic heterocycles. The van der Waals surface area contributed by atoms with Crippen LogP contribution in [0.3, 0.4) is 0 Å². The van der Waals surface area contributed by atoms with Crippen molar-refractivity contribution in [1.29, 1.82) is 0 Å². The van der Waals surface area contributed by atoms with Crippen molar-refractivity contribution in [3.63, 3.8) is 0 Å². The van der Waals surface area contributed by atoms with Gasteiger partial charge in [-0.2, -0.15) is 4.99 Å². The Kier molecular flexibility index (Phi) is 3.67. The number of halogens is 1. The van der Waals surface area contributed by atoms with E-state index in [2.05, 4.69) is 32.9 Å². The predicted octanol–water partition coefficient (Wildman–Crippen LogP) is 2.86. The second-order valence-electron chi connectivity index (χ2n) is 5.69. The fourth-order valence-electron chi connectivity index (χ4n) is 2.85. The number of hydrogen-bond acceptors (Lipinski definition) is 4. The summed E-state index contributed by atoms with van der Waals surface area (Å²) in [6, 6.07) is 6.01. The molecular formula is C15H17BrN2O2. The van der Waals surface area contributed by atoms with E-state index in [9.17, 15) is 4.79 Å². The highest BCUT2D eigenvalue weighted by Gasteiger charge is 2.39. The summed E-state index contributed by atoms with van der Waals surface area (Å²) in [6.07, 6.45) is 4.94. The Morgan fingerprint density at radius 1 is 1.45 bits per heavy atom. The molecule has 0 atom stereocenters. The largest absolute Gasteiger partial charge is 0.487 e. The Balaban J connectivity index is 1.78. The van der Waals surface area contributed by atoms with Gasteiger partial charge in [-0.15, -0.1) is 0 Å². The molecule has 1 aromatic rings. The van der Waals surface area contributed by atoms with Gasteiger partial charge in [-0.25, -0.2) is 4.79 Å². The molecule has 1 aliphatic carbocycles. The average Bonchev–Trinajstić information content (AvgIpc) is 2.34. The van der Waals surface area contributed by atoms with Gasteiger partial charge >= 0.3 is 0 Å². The number of carbonyl (C=O) groups excluding carboxylic acids is 1. The first-order chi connectivity index (χ1) is 9.63. The van der Waals surface area contributed by atoms with E-state index in [1.807, 2.05) is 18.2 Å². The highest BCUT2D eigenvalue weighted by atomic mass is 79.9. The Bertz CT molecular complexity index is 559. The lowest BCUT2D eigenvalue weighted by Crippen LogP contribution is -2.51. The number of likely N-dealkylation sites (N-methyl/N-ethyl adjacent to an activating group) is 1. The van der Waals surface area contributed by atoms with Crippen molar-refractivity contribution in [1.82, 2.24) is 4.90 Å². The van der Waals surface area contributed by atoms with Gasteiger partial charge in [0.15, 0.2) is 0 Å². The minimum absolute atomic E-state index is 0.271. The number of ether oxygens (including phenoxy) is 1. The van der Waals surface area contributed by atoms with Crippen LogP contribution in [0, 0.1) is 0 Å². The van der Waals surface area contributed by atoms with Gasteiger partial charge in [0.05, 0.1) is 10.0 Å². The molecule has 2 fully saturated rings. The maximum atomic E-state index is 10.6. The third-order valence-corrected chi connectivity index (χ3v) is 4.85. The second kappa shape index (κ2) is 5.32. The van der Waals surface area contributed by atoms with Crippen molar-refractivity contribution in [2.45, 2.75) is 30.9 Å². The van der Waals surface area contributed by atoms with Gasteiger partial charge in [-0.05, 0) is 59.9 Å². The van der Waals surface area contributed by atoms with Crippen molar-refractivity contribution < 1.29 is 9.53 Å². The first-order valence-electron chi connectivity index (χ1n) is 6.87. The molecule has 1 saturated heterocycles. The molecule has 0 radical (unpaired) electrons. The van der Waals surface area contributed by atoms with Crippen LogP contribution < -0.4 is 4.74 Å². The monoisotopic (exact) mass is 336 g/mol. The molecule has 0 bridgehead atoms. The van der Waals surface area contributed by atoms with E-state index in [1.165, 1.54) is 0 Å². The van der Waals surface area contributed by atoms with Gasteiger partial charge in [0.25, 0.3) is 0 Å². The summed E-state index contributed by atoms with van der Waals surface area (Å²) in [5, 5.41) is 0. The molecule has 20 heavy (non-hydrogen) atoms. The van der Waals surface area contributed by atoms with E-state index in [-0.39, 0.29) is 11.6 Å². The summed E-state index contributed by atoms with van der Waals surface area (Å²) in [5.74, 6) is 0.858. The Morgan fingerprint density at radius 2 is 2.20 bits per heavy atom. The molecule has 2 aliphatic rings. The third kappa shape index (κ3) is 2.41. The number of aliphatic imine (C=N–C) groups is 1. The van der Waals surface area contributed by atoms with Crippen LogP contribution in [0.5, 0.6) is 5.75 Å². The van der Waals surface area contributed by atoms with Crippen LogP contribution >= 0.6 is 15.9 Å². The van der Waals surface area contributed by atoms with E-state index < -0.39 is 0 Å². The van der Waals surface area contributed by atoms with Crippen LogP contribution in [0.25, 0.3) is 0 Å². The molecule has 106 valence electrons. The van der Waals surface area contributed by atoms with Crippen LogP contribution in [0.4, 0.5) is 0 Å². The number of benzene rings is 1. The number of nitrogens with zero attached hydrogens (tertiary/aromatic N) is 2. The molecule has 3 rings (SSSR count). The zero-order chi connectivity index (χ0) is 14.2. The molecular weight excluding hydrogens is 320 g/mol. The molecule has 5 heteroatoms. The van der Waals surface area contributed by atoms with Gasteiger partial charge in [-0.3, -0.25) is 4.90 Å². The number of rotatable bonds is 4. The minimum atomic E-state index is -0.348. The Hall–Kier alpha value is -1.16. The topological polar surface area (TPSA) is 41.9 Å². The Labute approximate surface area is 127 Å². The molecule has 1 heterocycles. The summed E-state index contributed by atoms with van der Waals surface area (Å²) in [4.78, 5) is 16.9. The van der Waals surface area contributed by atoms with Crippen LogP contribution in [0.1, 0.15) is 24.8 Å². The molecule has 4 nitrogen and oxygen atoms in total. The molecule has 1 saturated carbocycles. The quantitative estimate of drug-likeness (QED) is 0.627. The van der Waals surface area contributed by atoms with E-state index in [0.717, 1.165) is 48.1 Å². The van der Waals surface area contributed by atoms with Crippen molar-refractivity contribution in [2.75, 3.05) is 20.1 Å². The highest BCUT2D eigenvalue weighted by molar-refractivity contribution is 9.10. The van der Waals surface area contributed by atoms with Crippen molar-refractivity contribution >= 4 is 22.0 Å². The second-order valence-corrected chi connectivity index (χ2v) is 6.55. The standard InChI is InChI=1S/C15H17BrN2O2/c1-18-8-12(9-18)20-14-4-3-11(7-13(14)16)15(17-10-19)5-2-6-15/h3-4,7,12H,2,5-6,8-9H2,1H3. The smallest absolute Gasteiger partial charge is 0.235 e. The summed E-state index contributed by atoms with van der Waals surface area (Å²) in [7, 11) is 2.08. The predicted molar refractivity (Wildman–Crippen MR) is 79.7 cm³/mol. The number of likely N-dealkylation sites (tertiary alicyclic amines) is 1. The molecule has 0 spiro atoms. The van der Waals surface area contributed by atoms with Crippen molar-refractivity contribution in [3.8, 4) is 5.75 Å². The lowest BCUT2D eigenvalue weighted by molar-refractivity contribution is 0.0382. The zero-order valence-electron chi connectivity index (χ0n) is 11.4. The molecule has 0 N–H and O–H groups in total. The summed E-state index contributed by atoms with van der Waals surface area (Å²) in [5.41, 5.74) is 0.719.